The van der Waals surface area contributed by atoms with Gasteiger partial charge in [-0.1, -0.05) is 45.7 Å². The maximum Gasteiger partial charge on any atom is 0.319 e. The van der Waals surface area contributed by atoms with Crippen molar-refractivity contribution in [3.8, 4) is 0 Å². The van der Waals surface area contributed by atoms with Crippen LogP contribution in [0.5, 0.6) is 0 Å². The van der Waals surface area contributed by atoms with E-state index in [1.165, 1.54) is 5.56 Å². The van der Waals surface area contributed by atoms with Crippen molar-refractivity contribution in [2.45, 2.75) is 52.5 Å². The minimum Gasteiger partial charge on any atom is -0.548 e. The first-order chi connectivity index (χ1) is 10.5. The third-order valence-electron chi connectivity index (χ3n) is 3.78. The summed E-state index contributed by atoms with van der Waals surface area (Å²) < 4.78 is 0. The quantitative estimate of drug-likeness (QED) is 0.773. The molecule has 0 spiro atoms. The number of carboxylic acid groups (broad SMARTS) is 1. The zero-order valence-electron chi connectivity index (χ0n) is 13.5. The topological polar surface area (TPSA) is 81.3 Å². The number of amides is 2. The standard InChI is InChI=1S/C17H26N2O3/c1-4-6-7-13-8-10-14(11-9-13)18-17(22)19-15(16(20)21)12(3)5-2/h8-12,15H,4-7H2,1-3H3,(H,20,21)(H2,18,19,22)/p-1/t12-,15+/m1/s1. The van der Waals surface area contributed by atoms with Gasteiger partial charge >= 0.3 is 6.03 Å². The van der Waals surface area contributed by atoms with Crippen LogP contribution in [0.1, 0.15) is 45.6 Å². The third kappa shape index (κ3) is 5.76. The highest BCUT2D eigenvalue weighted by atomic mass is 16.4. The average molecular weight is 305 g/mol. The van der Waals surface area contributed by atoms with Gasteiger partial charge in [-0.3, -0.25) is 0 Å². The van der Waals surface area contributed by atoms with E-state index in [2.05, 4.69) is 17.6 Å². The van der Waals surface area contributed by atoms with Crippen molar-refractivity contribution in [3.05, 3.63) is 29.8 Å². The first-order valence-electron chi connectivity index (χ1n) is 7.85. The van der Waals surface area contributed by atoms with E-state index in [0.29, 0.717) is 12.1 Å². The van der Waals surface area contributed by atoms with Crippen LogP contribution in [0.15, 0.2) is 24.3 Å². The number of aryl methyl sites for hydroxylation is 1. The molecule has 0 aliphatic rings. The Kier molecular flexibility index (Phi) is 7.43. The van der Waals surface area contributed by atoms with Gasteiger partial charge in [0.05, 0.1) is 12.0 Å². The van der Waals surface area contributed by atoms with E-state index in [1.54, 1.807) is 6.92 Å². The summed E-state index contributed by atoms with van der Waals surface area (Å²) in [5.41, 5.74) is 1.86. The predicted molar refractivity (Wildman–Crippen MR) is 85.5 cm³/mol. The molecule has 1 rings (SSSR count). The Morgan fingerprint density at radius 1 is 1.18 bits per heavy atom. The van der Waals surface area contributed by atoms with Crippen molar-refractivity contribution in [1.82, 2.24) is 5.32 Å². The van der Waals surface area contributed by atoms with Crippen molar-refractivity contribution >= 4 is 17.7 Å². The molecule has 0 fully saturated rings. The molecule has 2 amide bonds. The smallest absolute Gasteiger partial charge is 0.319 e. The van der Waals surface area contributed by atoms with Crippen molar-refractivity contribution in [2.75, 3.05) is 5.32 Å². The second-order valence-corrected chi connectivity index (χ2v) is 5.58. The highest BCUT2D eigenvalue weighted by molar-refractivity contribution is 5.92. The fourth-order valence-electron chi connectivity index (χ4n) is 2.11. The van der Waals surface area contributed by atoms with Gasteiger partial charge in [0.2, 0.25) is 0 Å². The van der Waals surface area contributed by atoms with Crippen LogP contribution in [-0.4, -0.2) is 18.0 Å². The lowest BCUT2D eigenvalue weighted by atomic mass is 9.99. The van der Waals surface area contributed by atoms with Crippen LogP contribution >= 0.6 is 0 Å². The van der Waals surface area contributed by atoms with Gasteiger partial charge < -0.3 is 20.5 Å². The first-order valence-corrected chi connectivity index (χ1v) is 7.85. The lowest BCUT2D eigenvalue weighted by Gasteiger charge is -2.25. The molecular formula is C17H25N2O3-. The molecule has 0 saturated heterocycles. The number of carboxylic acids is 1. The number of benzene rings is 1. The Bertz CT molecular complexity index is 485. The zero-order valence-corrected chi connectivity index (χ0v) is 13.5. The molecule has 122 valence electrons. The van der Waals surface area contributed by atoms with Crippen molar-refractivity contribution in [3.63, 3.8) is 0 Å². The summed E-state index contributed by atoms with van der Waals surface area (Å²) in [4.78, 5) is 23.0. The summed E-state index contributed by atoms with van der Waals surface area (Å²) in [7, 11) is 0. The molecule has 0 heterocycles. The molecule has 0 radical (unpaired) electrons. The van der Waals surface area contributed by atoms with Crippen LogP contribution < -0.4 is 15.7 Å². The molecule has 0 saturated carbocycles. The number of nitrogens with one attached hydrogen (secondary N) is 2. The molecule has 22 heavy (non-hydrogen) atoms. The summed E-state index contributed by atoms with van der Waals surface area (Å²) in [6.45, 7) is 5.78. The Morgan fingerprint density at radius 3 is 2.32 bits per heavy atom. The number of aliphatic carboxylic acids is 1. The third-order valence-corrected chi connectivity index (χ3v) is 3.78. The lowest BCUT2D eigenvalue weighted by Crippen LogP contribution is -2.52. The summed E-state index contributed by atoms with van der Waals surface area (Å²) in [5, 5.41) is 16.2. The predicted octanol–water partition coefficient (Wildman–Crippen LogP) is 2.32. The molecule has 2 N–H and O–H groups in total. The molecule has 0 aliphatic heterocycles. The van der Waals surface area contributed by atoms with Crippen LogP contribution in [0.3, 0.4) is 0 Å². The zero-order chi connectivity index (χ0) is 16.5. The number of urea groups is 1. The molecule has 0 unspecified atom stereocenters. The van der Waals surface area contributed by atoms with Crippen LogP contribution in [0.25, 0.3) is 0 Å². The van der Waals surface area contributed by atoms with E-state index in [4.69, 9.17) is 0 Å². The summed E-state index contributed by atoms with van der Waals surface area (Å²) in [6.07, 6.45) is 3.94. The molecule has 5 heteroatoms. The Morgan fingerprint density at radius 2 is 1.82 bits per heavy atom. The monoisotopic (exact) mass is 305 g/mol. The molecular weight excluding hydrogens is 280 g/mol. The second-order valence-electron chi connectivity index (χ2n) is 5.58. The highest BCUT2D eigenvalue weighted by Gasteiger charge is 2.19. The van der Waals surface area contributed by atoms with Crippen LogP contribution in [0.2, 0.25) is 0 Å². The lowest BCUT2D eigenvalue weighted by molar-refractivity contribution is -0.309. The molecule has 1 aromatic carbocycles. The number of rotatable bonds is 8. The van der Waals surface area contributed by atoms with Gasteiger partial charge in [-0.15, -0.1) is 0 Å². The number of anilines is 1. The van der Waals surface area contributed by atoms with Crippen LogP contribution in [0.4, 0.5) is 10.5 Å². The van der Waals surface area contributed by atoms with Gasteiger partial charge in [-0.2, -0.15) is 0 Å². The molecule has 0 bridgehead atoms. The Hall–Kier alpha value is -2.04. The molecule has 0 aromatic heterocycles. The SMILES string of the molecule is CCCCc1ccc(NC(=O)N[C@H](C(=O)[O-])[C@H](C)CC)cc1. The number of hydrogen-bond donors (Lipinski definition) is 2. The maximum absolute atomic E-state index is 11.9. The first kappa shape index (κ1) is 18.0. The second kappa shape index (κ2) is 9.07. The summed E-state index contributed by atoms with van der Waals surface area (Å²) in [5.74, 6) is -1.45. The largest absolute Gasteiger partial charge is 0.548 e. The van der Waals surface area contributed by atoms with Crippen LogP contribution in [0, 0.1) is 5.92 Å². The van der Waals surface area contributed by atoms with Crippen LogP contribution in [-0.2, 0) is 11.2 Å². The number of hydrogen-bond acceptors (Lipinski definition) is 3. The molecule has 0 aliphatic carbocycles. The Labute approximate surface area is 132 Å². The van der Waals surface area contributed by atoms with Gasteiger partial charge in [0, 0.05) is 5.69 Å². The van der Waals surface area contributed by atoms with Crippen molar-refractivity contribution < 1.29 is 14.7 Å². The van der Waals surface area contributed by atoms with E-state index in [1.807, 2.05) is 31.2 Å². The number of carbonyl (C=O) groups excluding carboxylic acids is 2. The van der Waals surface area contributed by atoms with E-state index < -0.39 is 18.0 Å². The number of unbranched alkanes of at least 4 members (excludes halogenated alkanes) is 1. The fraction of sp³-hybridized carbons (Fsp3) is 0.529. The normalized spacial score (nSPS) is 13.2. The fourth-order valence-corrected chi connectivity index (χ4v) is 2.11. The average Bonchev–Trinajstić information content (AvgIpc) is 2.51. The molecule has 2 atom stereocenters. The van der Waals surface area contributed by atoms with Gasteiger partial charge in [0.1, 0.15) is 0 Å². The van der Waals surface area contributed by atoms with E-state index in [-0.39, 0.29) is 5.92 Å². The Balaban J connectivity index is 2.58. The van der Waals surface area contributed by atoms with Crippen molar-refractivity contribution in [2.24, 2.45) is 5.92 Å². The van der Waals surface area contributed by atoms with Gasteiger partial charge in [-0.25, -0.2) is 4.79 Å². The minimum absolute atomic E-state index is 0.188. The van der Waals surface area contributed by atoms with Crippen molar-refractivity contribution in [1.29, 1.82) is 0 Å². The van der Waals surface area contributed by atoms with Gasteiger partial charge in [0.15, 0.2) is 0 Å². The van der Waals surface area contributed by atoms with E-state index >= 15 is 0 Å². The summed E-state index contributed by atoms with van der Waals surface area (Å²) in [6, 6.07) is 6.06. The molecule has 1 aromatic rings. The minimum atomic E-state index is -1.26. The van der Waals surface area contributed by atoms with E-state index in [0.717, 1.165) is 19.3 Å². The highest BCUT2D eigenvalue weighted by Crippen LogP contribution is 2.12. The molecule has 5 nitrogen and oxygen atoms in total. The maximum atomic E-state index is 11.9. The number of carbonyl (C=O) groups is 2. The van der Waals surface area contributed by atoms with Gasteiger partial charge in [0.25, 0.3) is 0 Å². The van der Waals surface area contributed by atoms with E-state index in [9.17, 15) is 14.7 Å². The van der Waals surface area contributed by atoms with Gasteiger partial charge in [-0.05, 0) is 36.5 Å². The summed E-state index contributed by atoms with van der Waals surface area (Å²) >= 11 is 0.